The predicted molar refractivity (Wildman–Crippen MR) is 72.8 cm³/mol. The first-order valence-electron chi connectivity index (χ1n) is 5.83. The molecule has 0 spiro atoms. The number of aromatic hydroxyl groups is 2. The molecule has 0 atom stereocenters. The van der Waals surface area contributed by atoms with Gasteiger partial charge in [-0.25, -0.2) is 0 Å². The Hall–Kier alpha value is -2.43. The lowest BCUT2D eigenvalue weighted by molar-refractivity contribution is 0.332. The van der Waals surface area contributed by atoms with Gasteiger partial charge in [-0.15, -0.1) is 0 Å². The van der Waals surface area contributed by atoms with Crippen LogP contribution < -0.4 is 10.3 Å². The first-order chi connectivity index (χ1) is 8.99. The van der Waals surface area contributed by atoms with Crippen molar-refractivity contribution < 1.29 is 14.9 Å². The third-order valence-electron chi connectivity index (χ3n) is 2.65. The van der Waals surface area contributed by atoms with E-state index in [1.165, 1.54) is 18.2 Å². The zero-order chi connectivity index (χ0) is 14.0. The lowest BCUT2D eigenvalue weighted by atomic mass is 10.2. The van der Waals surface area contributed by atoms with E-state index >= 15 is 0 Å². The van der Waals surface area contributed by atoms with Crippen molar-refractivity contribution in [1.29, 1.82) is 0 Å². The molecular weight excluding hydrogens is 246 g/mol. The Bertz CT molecular complexity index is 696. The van der Waals surface area contributed by atoms with Gasteiger partial charge in [-0.3, -0.25) is 4.79 Å². The molecule has 1 aromatic carbocycles. The fourth-order valence-corrected chi connectivity index (χ4v) is 1.68. The van der Waals surface area contributed by atoms with Gasteiger partial charge >= 0.3 is 0 Å². The van der Waals surface area contributed by atoms with E-state index in [1.807, 2.05) is 13.8 Å². The summed E-state index contributed by atoms with van der Waals surface area (Å²) in [5.41, 5.74) is 0.886. The summed E-state index contributed by atoms with van der Waals surface area (Å²) in [7, 11) is 0. The number of nitrogens with one attached hydrogen (secondary N) is 1. The van der Waals surface area contributed by atoms with E-state index in [0.717, 1.165) is 5.57 Å². The number of allylic oxidation sites excluding steroid dienone is 1. The van der Waals surface area contributed by atoms with Crippen LogP contribution in [0.5, 0.6) is 17.2 Å². The Morgan fingerprint density at radius 1 is 1.37 bits per heavy atom. The van der Waals surface area contributed by atoms with Gasteiger partial charge in [0, 0.05) is 11.5 Å². The number of aromatic amines is 1. The molecule has 5 nitrogen and oxygen atoms in total. The largest absolute Gasteiger partial charge is 0.508 e. The van der Waals surface area contributed by atoms with Gasteiger partial charge in [0.25, 0.3) is 5.56 Å². The highest BCUT2D eigenvalue weighted by Gasteiger charge is 2.13. The molecule has 0 aliphatic carbocycles. The molecule has 0 aliphatic rings. The smallest absolute Gasteiger partial charge is 0.294 e. The topological polar surface area (TPSA) is 82.5 Å². The van der Waals surface area contributed by atoms with Gasteiger partial charge in [-0.05, 0) is 32.1 Å². The second kappa shape index (κ2) is 5.06. The number of pyridine rings is 1. The monoisotopic (exact) mass is 261 g/mol. The zero-order valence-corrected chi connectivity index (χ0v) is 10.7. The molecule has 19 heavy (non-hydrogen) atoms. The number of hydrogen-bond acceptors (Lipinski definition) is 4. The second-order valence-corrected chi connectivity index (χ2v) is 4.45. The summed E-state index contributed by atoms with van der Waals surface area (Å²) in [5, 5.41) is 19.8. The maximum atomic E-state index is 11.8. The van der Waals surface area contributed by atoms with Gasteiger partial charge in [-0.2, -0.15) is 0 Å². The van der Waals surface area contributed by atoms with Crippen LogP contribution in [0.15, 0.2) is 34.6 Å². The van der Waals surface area contributed by atoms with Crippen LogP contribution in [0.25, 0.3) is 10.9 Å². The summed E-state index contributed by atoms with van der Waals surface area (Å²) in [5.74, 6) is -0.322. The minimum absolute atomic E-state index is 0.0146. The number of H-pyrrole nitrogens is 1. The summed E-state index contributed by atoms with van der Waals surface area (Å²) in [6.07, 6.45) is 1.81. The summed E-state index contributed by atoms with van der Waals surface area (Å²) in [6, 6.07) is 4.32. The van der Waals surface area contributed by atoms with Crippen molar-refractivity contribution in [1.82, 2.24) is 4.98 Å². The summed E-state index contributed by atoms with van der Waals surface area (Å²) in [6.45, 7) is 4.04. The summed E-state index contributed by atoms with van der Waals surface area (Å²) >= 11 is 0. The Balaban J connectivity index is 2.48. The van der Waals surface area contributed by atoms with Crippen LogP contribution >= 0.6 is 0 Å². The number of benzene rings is 1. The molecule has 3 N–H and O–H groups in total. The first-order valence-corrected chi connectivity index (χ1v) is 5.83. The molecule has 0 saturated carbocycles. The van der Waals surface area contributed by atoms with Crippen molar-refractivity contribution in [3.05, 3.63) is 40.2 Å². The van der Waals surface area contributed by atoms with E-state index in [-0.39, 0.29) is 23.9 Å². The quantitative estimate of drug-likeness (QED) is 0.740. The minimum atomic E-state index is -0.530. The van der Waals surface area contributed by atoms with Gasteiger partial charge in [0.1, 0.15) is 12.4 Å². The van der Waals surface area contributed by atoms with Gasteiger partial charge in [-0.1, -0.05) is 5.57 Å². The van der Waals surface area contributed by atoms with Crippen LogP contribution in [0.1, 0.15) is 13.8 Å². The molecule has 1 aromatic heterocycles. The van der Waals surface area contributed by atoms with Crippen molar-refractivity contribution in [2.45, 2.75) is 13.8 Å². The molecule has 0 unspecified atom stereocenters. The van der Waals surface area contributed by atoms with Crippen molar-refractivity contribution in [2.24, 2.45) is 0 Å². The van der Waals surface area contributed by atoms with E-state index in [9.17, 15) is 15.0 Å². The van der Waals surface area contributed by atoms with E-state index in [2.05, 4.69) is 4.98 Å². The molecule has 5 heteroatoms. The van der Waals surface area contributed by atoms with Crippen molar-refractivity contribution in [3.8, 4) is 17.2 Å². The fourth-order valence-electron chi connectivity index (χ4n) is 1.68. The van der Waals surface area contributed by atoms with Gasteiger partial charge in [0.05, 0.1) is 5.52 Å². The number of phenolic OH excluding ortho intramolecular Hbond substituents is 1. The fraction of sp³-hybridized carbons (Fsp3) is 0.214. The number of phenols is 1. The molecule has 2 rings (SSSR count). The molecule has 0 saturated heterocycles. The molecular formula is C14H15NO4. The highest BCUT2D eigenvalue weighted by Crippen LogP contribution is 2.31. The minimum Gasteiger partial charge on any atom is -0.508 e. The van der Waals surface area contributed by atoms with Crippen LogP contribution in [-0.2, 0) is 0 Å². The standard InChI is InChI=1S/C14H15NO4/c1-8(2)5-6-19-13-12(17)10-4-3-9(16)7-11(10)15-14(13)18/h3-5,7,16H,6H2,1-2H3,(H2,15,17,18). The number of aromatic nitrogens is 1. The second-order valence-electron chi connectivity index (χ2n) is 4.45. The number of fused-ring (bicyclic) bond motifs is 1. The molecule has 0 fully saturated rings. The average Bonchev–Trinajstić information content (AvgIpc) is 2.32. The molecule has 0 bridgehead atoms. The van der Waals surface area contributed by atoms with Crippen molar-refractivity contribution in [3.63, 3.8) is 0 Å². The predicted octanol–water partition coefficient (Wildman–Crippen LogP) is 2.28. The number of ether oxygens (including phenoxy) is 1. The van der Waals surface area contributed by atoms with Gasteiger partial charge in [0.15, 0.2) is 5.75 Å². The Kier molecular flexibility index (Phi) is 3.46. The molecule has 0 aliphatic heterocycles. The van der Waals surface area contributed by atoms with Crippen LogP contribution in [0, 0.1) is 0 Å². The average molecular weight is 261 g/mol. The van der Waals surface area contributed by atoms with E-state index in [1.54, 1.807) is 6.08 Å². The molecule has 0 radical (unpaired) electrons. The summed E-state index contributed by atoms with van der Waals surface area (Å²) < 4.78 is 5.28. The Morgan fingerprint density at radius 2 is 2.11 bits per heavy atom. The van der Waals surface area contributed by atoms with Crippen molar-refractivity contribution >= 4 is 10.9 Å². The number of rotatable bonds is 3. The molecule has 2 aromatic rings. The maximum Gasteiger partial charge on any atom is 0.294 e. The maximum absolute atomic E-state index is 11.8. The van der Waals surface area contributed by atoms with E-state index < -0.39 is 5.56 Å². The zero-order valence-electron chi connectivity index (χ0n) is 10.7. The van der Waals surface area contributed by atoms with E-state index in [0.29, 0.717) is 10.9 Å². The Morgan fingerprint density at radius 3 is 2.79 bits per heavy atom. The lowest BCUT2D eigenvalue weighted by Crippen LogP contribution is -2.11. The normalized spacial score (nSPS) is 10.4. The van der Waals surface area contributed by atoms with Gasteiger partial charge < -0.3 is 19.9 Å². The van der Waals surface area contributed by atoms with E-state index in [4.69, 9.17) is 4.74 Å². The van der Waals surface area contributed by atoms with Crippen LogP contribution in [0.4, 0.5) is 0 Å². The van der Waals surface area contributed by atoms with Crippen LogP contribution in [-0.4, -0.2) is 21.8 Å². The third-order valence-corrected chi connectivity index (χ3v) is 2.65. The molecule has 1 heterocycles. The van der Waals surface area contributed by atoms with Crippen LogP contribution in [0.2, 0.25) is 0 Å². The van der Waals surface area contributed by atoms with Crippen LogP contribution in [0.3, 0.4) is 0 Å². The SMILES string of the molecule is CC(C)=CCOc1c(O)c2ccc(O)cc2[nH]c1=O. The first kappa shape index (κ1) is 13.0. The highest BCUT2D eigenvalue weighted by molar-refractivity contribution is 5.87. The van der Waals surface area contributed by atoms with Gasteiger partial charge in [0.2, 0.25) is 5.75 Å². The van der Waals surface area contributed by atoms with Crippen molar-refractivity contribution in [2.75, 3.05) is 6.61 Å². The third kappa shape index (κ3) is 2.70. The lowest BCUT2D eigenvalue weighted by Gasteiger charge is -2.08. The summed E-state index contributed by atoms with van der Waals surface area (Å²) in [4.78, 5) is 14.4. The highest BCUT2D eigenvalue weighted by atomic mass is 16.5. The molecule has 100 valence electrons. The number of hydrogen-bond donors (Lipinski definition) is 3. The Labute approximate surface area is 109 Å². The molecule has 0 amide bonds.